The Balaban J connectivity index is 1.53. The average Bonchev–Trinajstić information content (AvgIpc) is 3.25. The molecule has 0 aliphatic rings. The first-order chi connectivity index (χ1) is 13.6. The zero-order valence-electron chi connectivity index (χ0n) is 15.6. The highest BCUT2D eigenvalue weighted by atomic mass is 16.5. The van der Waals surface area contributed by atoms with Crippen LogP contribution in [0.25, 0.3) is 0 Å². The minimum absolute atomic E-state index is 0.172. The number of hydrogen-bond acceptors (Lipinski definition) is 5. The first-order valence-electron chi connectivity index (χ1n) is 9.00. The number of esters is 1. The Morgan fingerprint density at radius 2 is 1.75 bits per heavy atom. The fraction of sp³-hybridized carbons (Fsp3) is 0.182. The summed E-state index contributed by atoms with van der Waals surface area (Å²) >= 11 is 0. The number of para-hydroxylation sites is 1. The predicted octanol–water partition coefficient (Wildman–Crippen LogP) is 3.93. The van der Waals surface area contributed by atoms with E-state index in [1.165, 1.54) is 0 Å². The molecule has 0 saturated carbocycles. The number of carbonyl (C=O) groups is 2. The molecule has 1 aromatic heterocycles. The highest BCUT2D eigenvalue weighted by molar-refractivity contribution is 5.96. The van der Waals surface area contributed by atoms with Crippen LogP contribution >= 0.6 is 0 Å². The lowest BCUT2D eigenvalue weighted by Gasteiger charge is -2.15. The van der Waals surface area contributed by atoms with E-state index in [0.717, 1.165) is 11.3 Å². The van der Waals surface area contributed by atoms with Gasteiger partial charge in [-0.1, -0.05) is 42.5 Å². The Morgan fingerprint density at radius 1 is 1.00 bits per heavy atom. The van der Waals surface area contributed by atoms with Crippen LogP contribution in [0.15, 0.2) is 77.4 Å². The maximum atomic E-state index is 12.4. The lowest BCUT2D eigenvalue weighted by Crippen LogP contribution is -2.31. The second kappa shape index (κ2) is 9.41. The zero-order valence-corrected chi connectivity index (χ0v) is 15.6. The van der Waals surface area contributed by atoms with Gasteiger partial charge in [0.15, 0.2) is 6.61 Å². The largest absolute Gasteiger partial charge is 0.467 e. The summed E-state index contributed by atoms with van der Waals surface area (Å²) in [7, 11) is 0. The number of rotatable bonds is 8. The van der Waals surface area contributed by atoms with Crippen LogP contribution in [0.4, 0.5) is 5.69 Å². The van der Waals surface area contributed by atoms with Gasteiger partial charge < -0.3 is 19.8 Å². The van der Waals surface area contributed by atoms with E-state index in [2.05, 4.69) is 10.6 Å². The van der Waals surface area contributed by atoms with Crippen LogP contribution in [-0.4, -0.2) is 18.5 Å². The molecule has 0 aliphatic carbocycles. The van der Waals surface area contributed by atoms with Crippen molar-refractivity contribution in [3.63, 3.8) is 0 Å². The van der Waals surface area contributed by atoms with E-state index < -0.39 is 5.97 Å². The summed E-state index contributed by atoms with van der Waals surface area (Å²) in [5, 5.41) is 5.96. The molecule has 144 valence electrons. The van der Waals surface area contributed by atoms with Crippen LogP contribution in [0, 0.1) is 0 Å². The molecule has 6 nitrogen and oxygen atoms in total. The van der Waals surface area contributed by atoms with Crippen LogP contribution in [-0.2, 0) is 16.1 Å². The first-order valence-corrected chi connectivity index (χ1v) is 9.00. The minimum Gasteiger partial charge on any atom is -0.467 e. The molecule has 0 saturated heterocycles. The molecule has 3 aromatic rings. The number of hydrogen-bond donors (Lipinski definition) is 2. The third-order valence-corrected chi connectivity index (χ3v) is 4.19. The summed E-state index contributed by atoms with van der Waals surface area (Å²) in [5.74, 6) is -0.173. The molecular weight excluding hydrogens is 356 g/mol. The molecule has 6 heteroatoms. The molecule has 0 radical (unpaired) electrons. The van der Waals surface area contributed by atoms with Crippen LogP contribution in [0.3, 0.4) is 0 Å². The highest BCUT2D eigenvalue weighted by Gasteiger charge is 2.16. The molecule has 0 bridgehead atoms. The maximum Gasteiger partial charge on any atom is 0.340 e. The summed E-state index contributed by atoms with van der Waals surface area (Å²) in [5.41, 5.74) is 1.95. The molecule has 1 atom stereocenters. The standard InChI is InChI=1S/C22H22N2O4/c1-16(17-8-3-2-4-9-17)24-21(25)15-28-22(26)19-11-5-6-12-20(19)23-14-18-10-7-13-27-18/h2-13,16,23H,14-15H2,1H3,(H,24,25). The molecule has 2 aromatic carbocycles. The van der Waals surface area contributed by atoms with E-state index in [1.54, 1.807) is 30.5 Å². The van der Waals surface area contributed by atoms with Gasteiger partial charge in [0.25, 0.3) is 5.91 Å². The topological polar surface area (TPSA) is 80.6 Å². The van der Waals surface area contributed by atoms with Crippen molar-refractivity contribution in [2.45, 2.75) is 19.5 Å². The molecule has 1 unspecified atom stereocenters. The van der Waals surface area contributed by atoms with Gasteiger partial charge >= 0.3 is 5.97 Å². The van der Waals surface area contributed by atoms with Crippen molar-refractivity contribution in [3.05, 3.63) is 89.9 Å². The third kappa shape index (κ3) is 5.23. The van der Waals surface area contributed by atoms with Gasteiger partial charge in [-0.05, 0) is 36.8 Å². The normalized spacial score (nSPS) is 11.5. The van der Waals surface area contributed by atoms with Crippen molar-refractivity contribution in [1.29, 1.82) is 0 Å². The van der Waals surface area contributed by atoms with Gasteiger partial charge in [0.1, 0.15) is 5.76 Å². The number of furan rings is 1. The number of carbonyl (C=O) groups excluding carboxylic acids is 2. The Labute approximate surface area is 163 Å². The van der Waals surface area contributed by atoms with E-state index >= 15 is 0 Å². The lowest BCUT2D eigenvalue weighted by atomic mass is 10.1. The second-order valence-electron chi connectivity index (χ2n) is 6.25. The molecule has 0 spiro atoms. The molecule has 1 heterocycles. The fourth-order valence-electron chi connectivity index (χ4n) is 2.73. The molecular formula is C22H22N2O4. The summed E-state index contributed by atoms with van der Waals surface area (Å²) < 4.78 is 10.5. The van der Waals surface area contributed by atoms with E-state index in [1.807, 2.05) is 49.4 Å². The van der Waals surface area contributed by atoms with Gasteiger partial charge in [0, 0.05) is 5.69 Å². The Morgan fingerprint density at radius 3 is 2.50 bits per heavy atom. The van der Waals surface area contributed by atoms with Crippen molar-refractivity contribution in [2.24, 2.45) is 0 Å². The smallest absolute Gasteiger partial charge is 0.340 e. The van der Waals surface area contributed by atoms with Gasteiger partial charge in [0.2, 0.25) is 0 Å². The van der Waals surface area contributed by atoms with Gasteiger partial charge in [-0.25, -0.2) is 4.79 Å². The molecule has 28 heavy (non-hydrogen) atoms. The van der Waals surface area contributed by atoms with E-state index in [-0.39, 0.29) is 18.6 Å². The SMILES string of the molecule is CC(NC(=O)COC(=O)c1ccccc1NCc1ccco1)c1ccccc1. The Kier molecular flexibility index (Phi) is 6.46. The summed E-state index contributed by atoms with van der Waals surface area (Å²) in [6.07, 6.45) is 1.59. The van der Waals surface area contributed by atoms with Crippen molar-refractivity contribution in [2.75, 3.05) is 11.9 Å². The Bertz CT molecular complexity index is 907. The lowest BCUT2D eigenvalue weighted by molar-refractivity contribution is -0.124. The predicted molar refractivity (Wildman–Crippen MR) is 106 cm³/mol. The van der Waals surface area contributed by atoms with Crippen molar-refractivity contribution >= 4 is 17.6 Å². The molecule has 0 fully saturated rings. The van der Waals surface area contributed by atoms with Crippen LogP contribution < -0.4 is 10.6 Å². The number of benzene rings is 2. The Hall–Kier alpha value is -3.54. The monoisotopic (exact) mass is 378 g/mol. The maximum absolute atomic E-state index is 12.4. The number of amides is 1. The van der Waals surface area contributed by atoms with Crippen molar-refractivity contribution in [3.8, 4) is 0 Å². The fourth-order valence-corrected chi connectivity index (χ4v) is 2.73. The van der Waals surface area contributed by atoms with Crippen molar-refractivity contribution in [1.82, 2.24) is 5.32 Å². The van der Waals surface area contributed by atoms with Gasteiger partial charge in [0.05, 0.1) is 24.4 Å². The van der Waals surface area contributed by atoms with Crippen molar-refractivity contribution < 1.29 is 18.7 Å². The molecule has 1 amide bonds. The number of ether oxygens (including phenoxy) is 1. The van der Waals surface area contributed by atoms with E-state index in [0.29, 0.717) is 17.8 Å². The molecule has 3 rings (SSSR count). The second-order valence-corrected chi connectivity index (χ2v) is 6.25. The third-order valence-electron chi connectivity index (χ3n) is 4.19. The molecule has 0 aliphatic heterocycles. The minimum atomic E-state index is -0.565. The van der Waals surface area contributed by atoms with E-state index in [4.69, 9.17) is 9.15 Å². The van der Waals surface area contributed by atoms with Gasteiger partial charge in [-0.3, -0.25) is 4.79 Å². The van der Waals surface area contributed by atoms with Gasteiger partial charge in [-0.15, -0.1) is 0 Å². The molecule has 2 N–H and O–H groups in total. The number of nitrogens with one attached hydrogen (secondary N) is 2. The van der Waals surface area contributed by atoms with E-state index in [9.17, 15) is 9.59 Å². The first kappa shape index (κ1) is 19.2. The average molecular weight is 378 g/mol. The quantitative estimate of drug-likeness (QED) is 0.581. The summed E-state index contributed by atoms with van der Waals surface area (Å²) in [4.78, 5) is 24.5. The van der Waals surface area contributed by atoms with Crippen LogP contribution in [0.2, 0.25) is 0 Å². The summed E-state index contributed by atoms with van der Waals surface area (Å²) in [6, 6.07) is 20.0. The van der Waals surface area contributed by atoms with Crippen LogP contribution in [0.1, 0.15) is 34.6 Å². The van der Waals surface area contributed by atoms with Crippen LogP contribution in [0.5, 0.6) is 0 Å². The number of anilines is 1. The highest BCUT2D eigenvalue weighted by Crippen LogP contribution is 2.18. The summed E-state index contributed by atoms with van der Waals surface area (Å²) in [6.45, 7) is 1.97. The van der Waals surface area contributed by atoms with Gasteiger partial charge in [-0.2, -0.15) is 0 Å². The zero-order chi connectivity index (χ0) is 19.8.